The second-order valence-electron chi connectivity index (χ2n) is 6.13. The largest absolute Gasteiger partial charge is 0.396 e. The van der Waals surface area contributed by atoms with Gasteiger partial charge in [-0.2, -0.15) is 0 Å². The van der Waals surface area contributed by atoms with Gasteiger partial charge in [0.15, 0.2) is 0 Å². The fourth-order valence-electron chi connectivity index (χ4n) is 3.09. The number of hydrogen-bond acceptors (Lipinski definition) is 3. The second-order valence-corrected chi connectivity index (χ2v) is 6.13. The zero-order chi connectivity index (χ0) is 11.8. The van der Waals surface area contributed by atoms with Gasteiger partial charge in [-0.3, -0.25) is 0 Å². The van der Waals surface area contributed by atoms with Gasteiger partial charge in [0.2, 0.25) is 0 Å². The zero-order valence-electron chi connectivity index (χ0n) is 10.4. The lowest BCUT2D eigenvalue weighted by Gasteiger charge is -2.52. The Balaban J connectivity index is 1.89. The fourth-order valence-corrected chi connectivity index (χ4v) is 3.09. The van der Waals surface area contributed by atoms with Gasteiger partial charge in [-0.1, -0.05) is 26.7 Å². The van der Waals surface area contributed by atoms with E-state index in [1.54, 1.807) is 0 Å². The Kier molecular flexibility index (Phi) is 3.57. The fraction of sp³-hybridized carbons (Fsp3) is 1.00. The maximum absolute atomic E-state index is 9.71. The first kappa shape index (κ1) is 12.3. The normalized spacial score (nSPS) is 42.8. The second kappa shape index (κ2) is 4.63. The molecule has 2 aliphatic rings. The van der Waals surface area contributed by atoms with Crippen LogP contribution in [-0.4, -0.2) is 35.0 Å². The third kappa shape index (κ3) is 2.13. The number of hydrogen-bond donors (Lipinski definition) is 3. The molecule has 0 spiro atoms. The van der Waals surface area contributed by atoms with E-state index < -0.39 is 0 Å². The van der Waals surface area contributed by atoms with Crippen LogP contribution in [-0.2, 0) is 0 Å². The van der Waals surface area contributed by atoms with Gasteiger partial charge < -0.3 is 15.5 Å². The average molecular weight is 227 g/mol. The molecule has 0 bridgehead atoms. The molecule has 3 nitrogen and oxygen atoms in total. The van der Waals surface area contributed by atoms with Crippen molar-refractivity contribution in [3.8, 4) is 0 Å². The van der Waals surface area contributed by atoms with Crippen LogP contribution in [0.5, 0.6) is 0 Å². The number of rotatable bonds is 3. The van der Waals surface area contributed by atoms with Gasteiger partial charge in [0.1, 0.15) is 0 Å². The standard InChI is InChI=1S/C13H25NO2/c1-13(2)11(7-12(13)16)14-10-6-4-3-5-9(10)8-15/h9-12,14-16H,3-8H2,1-2H3. The highest BCUT2D eigenvalue weighted by atomic mass is 16.3. The first-order chi connectivity index (χ1) is 7.55. The molecule has 0 heterocycles. The van der Waals surface area contributed by atoms with E-state index in [2.05, 4.69) is 19.2 Å². The predicted molar refractivity (Wildman–Crippen MR) is 64.2 cm³/mol. The van der Waals surface area contributed by atoms with E-state index in [9.17, 15) is 10.2 Å². The summed E-state index contributed by atoms with van der Waals surface area (Å²) in [6, 6.07) is 0.871. The van der Waals surface area contributed by atoms with Crippen molar-refractivity contribution >= 4 is 0 Å². The van der Waals surface area contributed by atoms with Crippen LogP contribution in [0.15, 0.2) is 0 Å². The lowest BCUT2D eigenvalue weighted by Crippen LogP contribution is -2.63. The van der Waals surface area contributed by atoms with E-state index in [4.69, 9.17) is 0 Å². The van der Waals surface area contributed by atoms with Crippen LogP contribution in [0, 0.1) is 11.3 Å². The Labute approximate surface area is 98.2 Å². The third-order valence-electron chi connectivity index (χ3n) is 4.77. The van der Waals surface area contributed by atoms with Gasteiger partial charge in [-0.15, -0.1) is 0 Å². The molecule has 3 heteroatoms. The molecule has 3 N–H and O–H groups in total. The van der Waals surface area contributed by atoms with Crippen molar-refractivity contribution in [3.63, 3.8) is 0 Å². The van der Waals surface area contributed by atoms with Crippen molar-refractivity contribution in [3.05, 3.63) is 0 Å². The van der Waals surface area contributed by atoms with Gasteiger partial charge in [0.25, 0.3) is 0 Å². The first-order valence-corrected chi connectivity index (χ1v) is 6.60. The highest BCUT2D eigenvalue weighted by Gasteiger charge is 2.48. The predicted octanol–water partition coefficient (Wildman–Crippen LogP) is 1.29. The molecule has 4 unspecified atom stereocenters. The van der Waals surface area contributed by atoms with Crippen molar-refractivity contribution in [1.29, 1.82) is 0 Å². The smallest absolute Gasteiger partial charge is 0.0621 e. The zero-order valence-corrected chi connectivity index (χ0v) is 10.4. The van der Waals surface area contributed by atoms with Crippen molar-refractivity contribution in [2.75, 3.05) is 6.61 Å². The van der Waals surface area contributed by atoms with Crippen molar-refractivity contribution in [1.82, 2.24) is 5.32 Å². The first-order valence-electron chi connectivity index (χ1n) is 6.60. The van der Waals surface area contributed by atoms with Gasteiger partial charge in [0.05, 0.1) is 6.10 Å². The van der Waals surface area contributed by atoms with Gasteiger partial charge in [-0.05, 0) is 25.2 Å². The number of aliphatic hydroxyl groups excluding tert-OH is 2. The SMILES string of the molecule is CC1(C)C(O)CC1NC1CCCCC1CO. The number of aliphatic hydroxyl groups is 2. The quantitative estimate of drug-likeness (QED) is 0.681. The Bertz CT molecular complexity index is 242. The Morgan fingerprint density at radius 2 is 1.94 bits per heavy atom. The summed E-state index contributed by atoms with van der Waals surface area (Å²) in [6.07, 6.45) is 5.53. The van der Waals surface area contributed by atoms with Crippen molar-refractivity contribution in [2.24, 2.45) is 11.3 Å². The van der Waals surface area contributed by atoms with Gasteiger partial charge in [-0.25, -0.2) is 0 Å². The molecule has 0 aromatic heterocycles. The van der Waals surface area contributed by atoms with Crippen LogP contribution >= 0.6 is 0 Å². The molecule has 0 aliphatic heterocycles. The summed E-state index contributed by atoms with van der Waals surface area (Å²) in [5, 5.41) is 22.7. The molecule has 16 heavy (non-hydrogen) atoms. The molecule has 2 saturated carbocycles. The van der Waals surface area contributed by atoms with E-state index in [0.29, 0.717) is 24.6 Å². The molecule has 94 valence electrons. The van der Waals surface area contributed by atoms with E-state index in [0.717, 1.165) is 12.8 Å². The van der Waals surface area contributed by atoms with E-state index in [1.165, 1.54) is 19.3 Å². The summed E-state index contributed by atoms with van der Waals surface area (Å²) in [5.74, 6) is 0.419. The summed E-state index contributed by atoms with van der Waals surface area (Å²) in [5.41, 5.74) is -0.00253. The van der Waals surface area contributed by atoms with Crippen molar-refractivity contribution < 1.29 is 10.2 Å². The molecule has 0 radical (unpaired) electrons. The third-order valence-corrected chi connectivity index (χ3v) is 4.77. The van der Waals surface area contributed by atoms with Gasteiger partial charge >= 0.3 is 0 Å². The molecular weight excluding hydrogens is 202 g/mol. The summed E-state index contributed by atoms with van der Waals surface area (Å²) >= 11 is 0. The number of nitrogens with one attached hydrogen (secondary N) is 1. The molecule has 2 fully saturated rings. The van der Waals surface area contributed by atoms with Crippen LogP contribution in [0.4, 0.5) is 0 Å². The summed E-state index contributed by atoms with van der Waals surface area (Å²) < 4.78 is 0. The lowest BCUT2D eigenvalue weighted by molar-refractivity contribution is -0.0803. The highest BCUT2D eigenvalue weighted by molar-refractivity contribution is 5.03. The summed E-state index contributed by atoms with van der Waals surface area (Å²) in [4.78, 5) is 0. The van der Waals surface area contributed by atoms with Gasteiger partial charge in [0, 0.05) is 24.1 Å². The molecule has 4 atom stereocenters. The topological polar surface area (TPSA) is 52.5 Å². The Morgan fingerprint density at radius 1 is 1.25 bits per heavy atom. The van der Waals surface area contributed by atoms with Crippen LogP contribution in [0.25, 0.3) is 0 Å². The Morgan fingerprint density at radius 3 is 2.50 bits per heavy atom. The Hall–Kier alpha value is -0.120. The van der Waals surface area contributed by atoms with E-state index in [-0.39, 0.29) is 11.5 Å². The van der Waals surface area contributed by atoms with E-state index >= 15 is 0 Å². The molecule has 0 aromatic carbocycles. The monoisotopic (exact) mass is 227 g/mol. The minimum atomic E-state index is -0.166. The highest BCUT2D eigenvalue weighted by Crippen LogP contribution is 2.41. The summed E-state index contributed by atoms with van der Waals surface area (Å²) in [6.45, 7) is 4.54. The van der Waals surface area contributed by atoms with Crippen LogP contribution in [0.1, 0.15) is 46.0 Å². The molecule has 0 saturated heterocycles. The minimum absolute atomic E-state index is 0.00253. The molecule has 2 rings (SSSR count). The molecular formula is C13H25NO2. The maximum atomic E-state index is 9.71. The minimum Gasteiger partial charge on any atom is -0.396 e. The summed E-state index contributed by atoms with van der Waals surface area (Å²) in [7, 11) is 0. The van der Waals surface area contributed by atoms with Crippen LogP contribution in [0.2, 0.25) is 0 Å². The lowest BCUT2D eigenvalue weighted by atomic mass is 9.64. The van der Waals surface area contributed by atoms with Crippen LogP contribution in [0.3, 0.4) is 0 Å². The molecule has 0 aromatic rings. The van der Waals surface area contributed by atoms with E-state index in [1.807, 2.05) is 0 Å². The van der Waals surface area contributed by atoms with Crippen molar-refractivity contribution in [2.45, 2.75) is 64.1 Å². The average Bonchev–Trinajstić information content (AvgIpc) is 2.29. The molecule has 2 aliphatic carbocycles. The molecule has 0 amide bonds. The maximum Gasteiger partial charge on any atom is 0.0621 e. The van der Waals surface area contributed by atoms with Crippen LogP contribution < -0.4 is 5.32 Å².